The molecule has 0 amide bonds. The smallest absolute Gasteiger partial charge is 0.111 e. The monoisotopic (exact) mass is 205 g/mol. The van der Waals surface area contributed by atoms with Gasteiger partial charge in [0.2, 0.25) is 0 Å². The van der Waals surface area contributed by atoms with Gasteiger partial charge in [0.25, 0.3) is 0 Å². The van der Waals surface area contributed by atoms with Gasteiger partial charge in [-0.15, -0.1) is 4.91 Å². The fourth-order valence-electron chi connectivity index (χ4n) is 1.89. The van der Waals surface area contributed by atoms with Crippen molar-refractivity contribution in [3.8, 4) is 0 Å². The molecule has 2 nitrogen and oxygen atoms in total. The molecule has 15 heavy (non-hydrogen) atoms. The Bertz CT molecular complexity index is 361. The van der Waals surface area contributed by atoms with E-state index in [0.29, 0.717) is 11.6 Å². The van der Waals surface area contributed by atoms with Crippen molar-refractivity contribution >= 4 is 5.69 Å². The molecule has 1 aromatic carbocycles. The molecule has 0 heterocycles. The minimum absolute atomic E-state index is 0.0559. The summed E-state index contributed by atoms with van der Waals surface area (Å²) in [6.45, 7) is 10.7. The molecule has 0 aliphatic rings. The zero-order chi connectivity index (χ0) is 11.6. The van der Waals surface area contributed by atoms with Crippen LogP contribution in [-0.4, -0.2) is 0 Å². The molecule has 0 bridgehead atoms. The molecule has 1 aromatic rings. The van der Waals surface area contributed by atoms with Gasteiger partial charge in [0.05, 0.1) is 0 Å². The fourth-order valence-corrected chi connectivity index (χ4v) is 1.89. The first kappa shape index (κ1) is 11.9. The van der Waals surface area contributed by atoms with E-state index in [1.54, 1.807) is 6.07 Å². The summed E-state index contributed by atoms with van der Waals surface area (Å²) < 4.78 is 0. The Hall–Kier alpha value is -1.18. The van der Waals surface area contributed by atoms with Gasteiger partial charge >= 0.3 is 0 Å². The van der Waals surface area contributed by atoms with Crippen LogP contribution in [0.25, 0.3) is 0 Å². The second kappa shape index (κ2) is 4.13. The second-order valence-electron chi connectivity index (χ2n) is 5.23. The minimum Gasteiger partial charge on any atom is -0.145 e. The first-order chi connectivity index (χ1) is 6.88. The van der Waals surface area contributed by atoms with Crippen molar-refractivity contribution in [1.82, 2.24) is 0 Å². The van der Waals surface area contributed by atoms with Crippen LogP contribution >= 0.6 is 0 Å². The molecule has 1 rings (SSSR count). The molecule has 0 aromatic heterocycles. The molecule has 82 valence electrons. The van der Waals surface area contributed by atoms with Crippen LogP contribution in [0.4, 0.5) is 5.69 Å². The Morgan fingerprint density at radius 1 is 1.20 bits per heavy atom. The molecule has 0 spiro atoms. The molecule has 0 aliphatic heterocycles. The molecule has 0 unspecified atom stereocenters. The predicted octanol–water partition coefficient (Wildman–Crippen LogP) is 4.51. The average molecular weight is 205 g/mol. The van der Waals surface area contributed by atoms with E-state index in [1.165, 1.54) is 5.56 Å². The maximum absolute atomic E-state index is 10.8. The highest BCUT2D eigenvalue weighted by atomic mass is 16.3. The Kier molecular flexibility index (Phi) is 3.28. The Labute approximate surface area is 91.7 Å². The lowest BCUT2D eigenvalue weighted by atomic mass is 9.80. The van der Waals surface area contributed by atoms with Gasteiger partial charge in [-0.05, 0) is 33.7 Å². The molecule has 0 N–H and O–H groups in total. The quantitative estimate of drug-likeness (QED) is 0.653. The number of hydrogen-bond donors (Lipinski definition) is 0. The van der Waals surface area contributed by atoms with Gasteiger partial charge in [-0.1, -0.05) is 46.8 Å². The maximum Gasteiger partial charge on any atom is 0.111 e. The molecule has 0 saturated heterocycles. The van der Waals surface area contributed by atoms with E-state index in [-0.39, 0.29) is 5.41 Å². The topological polar surface area (TPSA) is 29.4 Å². The van der Waals surface area contributed by atoms with Crippen LogP contribution in [0.1, 0.15) is 51.7 Å². The predicted molar refractivity (Wildman–Crippen MR) is 64.7 cm³/mol. The molecule has 0 atom stereocenters. The SMILES string of the molecule is CC(C)c1c(N=O)cccc1C(C)(C)C. The average Bonchev–Trinajstić information content (AvgIpc) is 2.15. The van der Waals surface area contributed by atoms with Gasteiger partial charge in [0.1, 0.15) is 5.69 Å². The van der Waals surface area contributed by atoms with Crippen LogP contribution in [-0.2, 0) is 5.41 Å². The summed E-state index contributed by atoms with van der Waals surface area (Å²) in [6, 6.07) is 5.78. The summed E-state index contributed by atoms with van der Waals surface area (Å²) in [5.74, 6) is 0.327. The molecule has 0 fully saturated rings. The van der Waals surface area contributed by atoms with E-state index >= 15 is 0 Å². The van der Waals surface area contributed by atoms with E-state index in [2.05, 4.69) is 45.9 Å². The number of nitrogens with zero attached hydrogens (tertiary/aromatic N) is 1. The van der Waals surface area contributed by atoms with Crippen molar-refractivity contribution < 1.29 is 0 Å². The summed E-state index contributed by atoms with van der Waals surface area (Å²) in [5, 5.41) is 3.12. The third kappa shape index (κ3) is 2.44. The highest BCUT2D eigenvalue weighted by molar-refractivity contribution is 5.53. The van der Waals surface area contributed by atoms with Crippen LogP contribution in [0, 0.1) is 4.91 Å². The zero-order valence-corrected chi connectivity index (χ0v) is 10.2. The maximum atomic E-state index is 10.8. The highest BCUT2D eigenvalue weighted by Gasteiger charge is 2.21. The third-order valence-corrected chi connectivity index (χ3v) is 2.57. The summed E-state index contributed by atoms with van der Waals surface area (Å²) in [5.41, 5.74) is 2.94. The number of rotatable bonds is 2. The third-order valence-electron chi connectivity index (χ3n) is 2.57. The van der Waals surface area contributed by atoms with Crippen LogP contribution in [0.2, 0.25) is 0 Å². The van der Waals surface area contributed by atoms with Crippen molar-refractivity contribution in [3.05, 3.63) is 34.2 Å². The first-order valence-electron chi connectivity index (χ1n) is 5.34. The van der Waals surface area contributed by atoms with E-state index in [0.717, 1.165) is 5.56 Å². The van der Waals surface area contributed by atoms with Crippen LogP contribution < -0.4 is 0 Å². The van der Waals surface area contributed by atoms with Gasteiger partial charge in [-0.2, -0.15) is 0 Å². The number of nitroso groups, excluding NO2 is 1. The van der Waals surface area contributed by atoms with E-state index in [4.69, 9.17) is 0 Å². The lowest BCUT2D eigenvalue weighted by Gasteiger charge is -2.25. The summed E-state index contributed by atoms with van der Waals surface area (Å²) >= 11 is 0. The van der Waals surface area contributed by atoms with Crippen molar-refractivity contribution in [2.45, 2.75) is 46.0 Å². The molecular formula is C13H19NO. The van der Waals surface area contributed by atoms with Gasteiger partial charge in [0, 0.05) is 0 Å². The van der Waals surface area contributed by atoms with Crippen molar-refractivity contribution in [2.75, 3.05) is 0 Å². The van der Waals surface area contributed by atoms with Crippen molar-refractivity contribution in [2.24, 2.45) is 5.18 Å². The molecular weight excluding hydrogens is 186 g/mol. The Balaban J connectivity index is 3.45. The van der Waals surface area contributed by atoms with Gasteiger partial charge < -0.3 is 0 Å². The highest BCUT2D eigenvalue weighted by Crippen LogP contribution is 2.36. The van der Waals surface area contributed by atoms with Crippen molar-refractivity contribution in [1.29, 1.82) is 0 Å². The second-order valence-corrected chi connectivity index (χ2v) is 5.23. The van der Waals surface area contributed by atoms with Gasteiger partial charge in [-0.25, -0.2) is 0 Å². The Morgan fingerprint density at radius 3 is 2.20 bits per heavy atom. The molecule has 0 radical (unpaired) electrons. The van der Waals surface area contributed by atoms with E-state index in [1.807, 2.05) is 6.07 Å². The fraction of sp³-hybridized carbons (Fsp3) is 0.538. The number of benzene rings is 1. The number of hydrogen-bond acceptors (Lipinski definition) is 2. The Morgan fingerprint density at radius 2 is 1.80 bits per heavy atom. The molecule has 2 heteroatoms. The summed E-state index contributed by atoms with van der Waals surface area (Å²) in [7, 11) is 0. The van der Waals surface area contributed by atoms with Gasteiger partial charge in [0.15, 0.2) is 0 Å². The standard InChI is InChI=1S/C13H19NO/c1-9(2)12-10(13(3,4)5)7-6-8-11(12)14-15/h6-9H,1-5H3. The zero-order valence-electron chi connectivity index (χ0n) is 10.2. The largest absolute Gasteiger partial charge is 0.145 e. The van der Waals surface area contributed by atoms with Crippen LogP contribution in [0.3, 0.4) is 0 Å². The summed E-state index contributed by atoms with van der Waals surface area (Å²) in [6.07, 6.45) is 0. The van der Waals surface area contributed by atoms with E-state index < -0.39 is 0 Å². The normalized spacial score (nSPS) is 11.9. The molecule has 0 saturated carbocycles. The van der Waals surface area contributed by atoms with Crippen molar-refractivity contribution in [3.63, 3.8) is 0 Å². The van der Waals surface area contributed by atoms with Crippen LogP contribution in [0.5, 0.6) is 0 Å². The minimum atomic E-state index is 0.0559. The van der Waals surface area contributed by atoms with Gasteiger partial charge in [-0.3, -0.25) is 0 Å². The lowest BCUT2D eigenvalue weighted by Crippen LogP contribution is -2.14. The molecule has 0 aliphatic carbocycles. The van der Waals surface area contributed by atoms with Crippen LogP contribution in [0.15, 0.2) is 23.4 Å². The van der Waals surface area contributed by atoms with E-state index in [9.17, 15) is 4.91 Å². The lowest BCUT2D eigenvalue weighted by molar-refractivity contribution is 0.577. The first-order valence-corrected chi connectivity index (χ1v) is 5.34. The summed E-state index contributed by atoms with van der Waals surface area (Å²) in [4.78, 5) is 10.8.